The van der Waals surface area contributed by atoms with Gasteiger partial charge >= 0.3 is 0 Å². The fraction of sp³-hybridized carbons (Fsp3) is 0.733. The first-order valence-corrected chi connectivity index (χ1v) is 8.09. The smallest absolute Gasteiger partial charge is 0.0482 e. The zero-order chi connectivity index (χ0) is 14.0. The summed E-state index contributed by atoms with van der Waals surface area (Å²) in [6, 6.07) is 3.40. The Morgan fingerprint density at radius 1 is 1.42 bits per heavy atom. The normalized spacial score (nSPS) is 23.7. The Balaban J connectivity index is 2.16. The van der Waals surface area contributed by atoms with Crippen molar-refractivity contribution in [3.63, 3.8) is 0 Å². The van der Waals surface area contributed by atoms with Crippen LogP contribution in [0.3, 0.4) is 0 Å². The van der Waals surface area contributed by atoms with E-state index in [-0.39, 0.29) is 0 Å². The molecule has 1 aliphatic heterocycles. The van der Waals surface area contributed by atoms with Crippen LogP contribution < -0.4 is 5.73 Å². The molecular weight excluding hydrogens is 254 g/mol. The van der Waals surface area contributed by atoms with Crippen molar-refractivity contribution in [2.24, 2.45) is 5.73 Å². The first-order chi connectivity index (χ1) is 9.06. The van der Waals surface area contributed by atoms with Gasteiger partial charge in [0, 0.05) is 48.0 Å². The maximum absolute atomic E-state index is 6.08. The molecule has 1 aliphatic rings. The Morgan fingerprint density at radius 3 is 2.68 bits per heavy atom. The molecule has 0 saturated carbocycles. The molecule has 0 radical (unpaired) electrons. The minimum atomic E-state index is 0.396. The van der Waals surface area contributed by atoms with Gasteiger partial charge in [-0.15, -0.1) is 11.3 Å². The zero-order valence-electron chi connectivity index (χ0n) is 12.6. The Hall–Kier alpha value is -0.420. The molecule has 0 aliphatic carbocycles. The second-order valence-corrected chi connectivity index (χ2v) is 7.12. The molecule has 1 fully saturated rings. The van der Waals surface area contributed by atoms with Crippen molar-refractivity contribution in [1.29, 1.82) is 0 Å². The monoisotopic (exact) mass is 281 g/mol. The van der Waals surface area contributed by atoms with E-state index in [1.165, 1.54) is 21.7 Å². The van der Waals surface area contributed by atoms with Crippen molar-refractivity contribution in [3.05, 3.63) is 21.4 Å². The number of hydrogen-bond donors (Lipinski definition) is 1. The number of hydrogen-bond acceptors (Lipinski definition) is 4. The van der Waals surface area contributed by atoms with Gasteiger partial charge in [0.1, 0.15) is 0 Å². The van der Waals surface area contributed by atoms with Crippen molar-refractivity contribution in [3.8, 4) is 0 Å². The summed E-state index contributed by atoms with van der Waals surface area (Å²) in [5.74, 6) is 0. The third-order valence-electron chi connectivity index (χ3n) is 4.38. The van der Waals surface area contributed by atoms with E-state index in [0.717, 1.165) is 26.2 Å². The van der Waals surface area contributed by atoms with Crippen LogP contribution in [0.5, 0.6) is 0 Å². The Labute approximate surface area is 121 Å². The van der Waals surface area contributed by atoms with Gasteiger partial charge in [-0.05, 0) is 38.9 Å². The fourth-order valence-electron chi connectivity index (χ4n) is 3.15. The van der Waals surface area contributed by atoms with Crippen LogP contribution in [0.15, 0.2) is 6.07 Å². The third-order valence-corrected chi connectivity index (χ3v) is 5.36. The molecule has 1 aromatic rings. The highest BCUT2D eigenvalue weighted by Gasteiger charge is 2.29. The van der Waals surface area contributed by atoms with Gasteiger partial charge < -0.3 is 10.6 Å². The number of nitrogens with two attached hydrogens (primary N) is 1. The summed E-state index contributed by atoms with van der Waals surface area (Å²) in [5, 5.41) is 0. The van der Waals surface area contributed by atoms with E-state index in [4.69, 9.17) is 5.73 Å². The minimum absolute atomic E-state index is 0.396. The van der Waals surface area contributed by atoms with Gasteiger partial charge in [0.05, 0.1) is 0 Å². The van der Waals surface area contributed by atoms with Crippen LogP contribution in [-0.2, 0) is 0 Å². The summed E-state index contributed by atoms with van der Waals surface area (Å²) in [5.41, 5.74) is 7.53. The van der Waals surface area contributed by atoms with Crippen LogP contribution in [0, 0.1) is 13.8 Å². The van der Waals surface area contributed by atoms with E-state index in [0.29, 0.717) is 12.1 Å². The summed E-state index contributed by atoms with van der Waals surface area (Å²) in [6.45, 7) is 10.8. The molecular formula is C15H27N3S. The van der Waals surface area contributed by atoms with E-state index in [1.54, 1.807) is 0 Å². The van der Waals surface area contributed by atoms with Gasteiger partial charge in [-0.2, -0.15) is 0 Å². The number of thiophene rings is 1. The highest BCUT2D eigenvalue weighted by molar-refractivity contribution is 7.12. The topological polar surface area (TPSA) is 32.5 Å². The largest absolute Gasteiger partial charge is 0.329 e. The molecule has 1 aromatic heterocycles. The van der Waals surface area contributed by atoms with Gasteiger partial charge in [-0.3, -0.25) is 4.90 Å². The lowest BCUT2D eigenvalue weighted by molar-refractivity contribution is 0.0643. The molecule has 2 heterocycles. The van der Waals surface area contributed by atoms with Gasteiger partial charge in [-0.25, -0.2) is 0 Å². The molecule has 2 N–H and O–H groups in total. The maximum atomic E-state index is 6.08. The predicted molar refractivity (Wildman–Crippen MR) is 83.9 cm³/mol. The van der Waals surface area contributed by atoms with E-state index < -0.39 is 0 Å². The average Bonchev–Trinajstić information content (AvgIpc) is 2.71. The fourth-order valence-corrected chi connectivity index (χ4v) is 4.13. The molecule has 108 valence electrons. The number of likely N-dealkylation sites (N-methyl/N-ethyl adjacent to an activating group) is 1. The summed E-state index contributed by atoms with van der Waals surface area (Å²) in [6.07, 6.45) is 1.21. The standard InChI is InChI=1S/C15H27N3S/c1-5-13-10-18(7-6-17(13)4)15(9-16)14-8-11(2)19-12(14)3/h8,13,15H,5-7,9-10,16H2,1-4H3. The molecule has 19 heavy (non-hydrogen) atoms. The summed E-state index contributed by atoms with van der Waals surface area (Å²) in [7, 11) is 2.24. The molecule has 4 heteroatoms. The van der Waals surface area contributed by atoms with Gasteiger partial charge in [-0.1, -0.05) is 6.92 Å². The molecule has 0 bridgehead atoms. The molecule has 0 amide bonds. The first kappa shape index (κ1) is 15.0. The lowest BCUT2D eigenvalue weighted by Gasteiger charge is -2.42. The molecule has 1 saturated heterocycles. The van der Waals surface area contributed by atoms with Crippen molar-refractivity contribution in [2.75, 3.05) is 33.2 Å². The lowest BCUT2D eigenvalue weighted by atomic mass is 10.0. The number of aryl methyl sites for hydroxylation is 2. The van der Waals surface area contributed by atoms with Crippen molar-refractivity contribution in [1.82, 2.24) is 9.80 Å². The molecule has 2 unspecified atom stereocenters. The highest BCUT2D eigenvalue weighted by atomic mass is 32.1. The van der Waals surface area contributed by atoms with Gasteiger partial charge in [0.2, 0.25) is 0 Å². The molecule has 2 rings (SSSR count). The molecule has 3 nitrogen and oxygen atoms in total. The highest BCUT2D eigenvalue weighted by Crippen LogP contribution is 2.31. The van der Waals surface area contributed by atoms with Crippen molar-refractivity contribution >= 4 is 11.3 Å². The van der Waals surface area contributed by atoms with Crippen molar-refractivity contribution < 1.29 is 0 Å². The second kappa shape index (κ2) is 6.35. The molecule has 0 spiro atoms. The molecule has 0 aromatic carbocycles. The lowest BCUT2D eigenvalue weighted by Crippen LogP contribution is -2.53. The van der Waals surface area contributed by atoms with E-state index in [9.17, 15) is 0 Å². The van der Waals surface area contributed by atoms with Crippen LogP contribution in [0.4, 0.5) is 0 Å². The third kappa shape index (κ3) is 3.19. The zero-order valence-corrected chi connectivity index (χ0v) is 13.5. The Kier molecular flexibility index (Phi) is 5.01. The first-order valence-electron chi connectivity index (χ1n) is 7.28. The summed E-state index contributed by atoms with van der Waals surface area (Å²) < 4.78 is 0. The van der Waals surface area contributed by atoms with Crippen LogP contribution in [0.25, 0.3) is 0 Å². The predicted octanol–water partition coefficient (Wildman–Crippen LogP) is 2.39. The molecule has 2 atom stereocenters. The van der Waals surface area contributed by atoms with Crippen LogP contribution in [0.2, 0.25) is 0 Å². The van der Waals surface area contributed by atoms with Crippen molar-refractivity contribution in [2.45, 2.75) is 39.3 Å². The Bertz CT molecular complexity index is 416. The van der Waals surface area contributed by atoms with Crippen LogP contribution in [0.1, 0.15) is 34.7 Å². The van der Waals surface area contributed by atoms with Crippen LogP contribution in [-0.4, -0.2) is 49.1 Å². The van der Waals surface area contributed by atoms with Crippen LogP contribution >= 0.6 is 11.3 Å². The maximum Gasteiger partial charge on any atom is 0.0482 e. The van der Waals surface area contributed by atoms with Gasteiger partial charge in [0.25, 0.3) is 0 Å². The quantitative estimate of drug-likeness (QED) is 0.920. The summed E-state index contributed by atoms with van der Waals surface area (Å²) >= 11 is 1.89. The van der Waals surface area contributed by atoms with E-state index in [2.05, 4.69) is 43.7 Å². The number of rotatable bonds is 4. The second-order valence-electron chi connectivity index (χ2n) is 5.66. The summed E-state index contributed by atoms with van der Waals surface area (Å²) in [4.78, 5) is 7.89. The van der Waals surface area contributed by atoms with Gasteiger partial charge in [0.15, 0.2) is 0 Å². The number of piperazine rings is 1. The number of nitrogens with zero attached hydrogens (tertiary/aromatic N) is 2. The Morgan fingerprint density at radius 2 is 2.16 bits per heavy atom. The SMILES string of the molecule is CCC1CN(C(CN)c2cc(C)sc2C)CCN1C. The minimum Gasteiger partial charge on any atom is -0.329 e. The average molecular weight is 281 g/mol. The van der Waals surface area contributed by atoms with E-state index in [1.807, 2.05) is 11.3 Å². The van der Waals surface area contributed by atoms with E-state index >= 15 is 0 Å².